The second-order valence-corrected chi connectivity index (χ2v) is 8.12. The van der Waals surface area contributed by atoms with Crippen LogP contribution in [0.25, 0.3) is 0 Å². The Kier molecular flexibility index (Phi) is 4.59. The zero-order valence-electron chi connectivity index (χ0n) is 15.5. The summed E-state index contributed by atoms with van der Waals surface area (Å²) in [5.41, 5.74) is 1.39. The van der Waals surface area contributed by atoms with Crippen LogP contribution in [-0.2, 0) is 5.92 Å². The van der Waals surface area contributed by atoms with Gasteiger partial charge in [-0.2, -0.15) is 0 Å². The maximum atomic E-state index is 14.5. The minimum Gasteiger partial charge on any atom is -0.508 e. The van der Waals surface area contributed by atoms with Gasteiger partial charge in [0.05, 0.1) is 0 Å². The maximum absolute atomic E-state index is 14.5. The molecular formula is C21H28F2O2. The van der Waals surface area contributed by atoms with Gasteiger partial charge >= 0.3 is 0 Å². The van der Waals surface area contributed by atoms with Crippen LogP contribution in [0, 0.1) is 5.92 Å². The predicted molar refractivity (Wildman–Crippen MR) is 95.5 cm³/mol. The summed E-state index contributed by atoms with van der Waals surface area (Å²) in [6.07, 6.45) is 4.90. The fourth-order valence-corrected chi connectivity index (χ4v) is 4.32. The van der Waals surface area contributed by atoms with E-state index in [4.69, 9.17) is 4.74 Å². The van der Waals surface area contributed by atoms with Crippen molar-refractivity contribution in [1.82, 2.24) is 0 Å². The van der Waals surface area contributed by atoms with Gasteiger partial charge in [-0.25, -0.2) is 8.78 Å². The Morgan fingerprint density at radius 3 is 2.72 bits per heavy atom. The van der Waals surface area contributed by atoms with Gasteiger partial charge in [-0.15, -0.1) is 0 Å². The monoisotopic (exact) mass is 350 g/mol. The summed E-state index contributed by atoms with van der Waals surface area (Å²) in [6, 6.07) is 2.71. The van der Waals surface area contributed by atoms with E-state index in [9.17, 15) is 13.9 Å². The SMILES string of the molecule is CCCCC(F)(F)c1cc(O)c2c(c1)OC(C)(C)[C@@H]1CC=C(C)C[C@@H]21. The molecule has 1 aliphatic heterocycles. The van der Waals surface area contributed by atoms with Crippen molar-refractivity contribution < 1.29 is 18.6 Å². The second kappa shape index (κ2) is 6.30. The highest BCUT2D eigenvalue weighted by Gasteiger charge is 2.46. The van der Waals surface area contributed by atoms with Crippen LogP contribution in [0.4, 0.5) is 8.78 Å². The normalized spacial score (nSPS) is 24.8. The number of phenols is 1. The number of halogens is 2. The summed E-state index contributed by atoms with van der Waals surface area (Å²) in [6.45, 7) is 8.01. The van der Waals surface area contributed by atoms with Crippen molar-refractivity contribution in [1.29, 1.82) is 0 Å². The number of hydrogen-bond acceptors (Lipinski definition) is 2. The number of aromatic hydroxyl groups is 1. The van der Waals surface area contributed by atoms with Crippen LogP contribution in [0.15, 0.2) is 23.8 Å². The highest BCUT2D eigenvalue weighted by atomic mass is 19.3. The highest BCUT2D eigenvalue weighted by Crippen LogP contribution is 2.55. The molecule has 0 fully saturated rings. The predicted octanol–water partition coefficient (Wildman–Crippen LogP) is 6.29. The minimum atomic E-state index is -2.95. The maximum Gasteiger partial charge on any atom is 0.273 e. The van der Waals surface area contributed by atoms with E-state index in [0.717, 1.165) is 12.8 Å². The van der Waals surface area contributed by atoms with Crippen molar-refractivity contribution >= 4 is 0 Å². The molecule has 0 saturated carbocycles. The van der Waals surface area contributed by atoms with Crippen LogP contribution in [0.5, 0.6) is 11.5 Å². The van der Waals surface area contributed by atoms with Crippen LogP contribution in [-0.4, -0.2) is 10.7 Å². The largest absolute Gasteiger partial charge is 0.508 e. The lowest BCUT2D eigenvalue weighted by Crippen LogP contribution is -2.45. The van der Waals surface area contributed by atoms with Crippen molar-refractivity contribution in [2.24, 2.45) is 5.92 Å². The first kappa shape index (κ1) is 18.2. The van der Waals surface area contributed by atoms with Crippen molar-refractivity contribution in [2.75, 3.05) is 0 Å². The quantitative estimate of drug-likeness (QED) is 0.647. The molecule has 2 atom stereocenters. The number of phenolic OH excluding ortho intramolecular Hbond substituents is 1. The molecule has 0 radical (unpaired) electrons. The zero-order chi connectivity index (χ0) is 18.4. The molecule has 138 valence electrons. The van der Waals surface area contributed by atoms with Gasteiger partial charge in [0.1, 0.15) is 17.1 Å². The van der Waals surface area contributed by atoms with Crippen molar-refractivity contribution in [3.05, 3.63) is 34.9 Å². The van der Waals surface area contributed by atoms with Crippen LogP contribution >= 0.6 is 0 Å². The molecular weight excluding hydrogens is 322 g/mol. The van der Waals surface area contributed by atoms with Crippen molar-refractivity contribution in [2.45, 2.75) is 77.2 Å². The Balaban J connectivity index is 2.05. The number of unbranched alkanes of at least 4 members (excludes halogenated alkanes) is 1. The lowest BCUT2D eigenvalue weighted by molar-refractivity contribution is -0.0185. The van der Waals surface area contributed by atoms with E-state index in [1.807, 2.05) is 20.8 Å². The topological polar surface area (TPSA) is 29.5 Å². The Morgan fingerprint density at radius 1 is 1.32 bits per heavy atom. The molecule has 0 saturated heterocycles. The molecule has 1 aromatic rings. The standard InChI is InChI=1S/C21H28F2O2/c1-5-6-9-21(22,23)14-11-17(24)19-15-10-13(2)7-8-16(15)20(3,4)25-18(19)12-14/h7,11-12,15-16,24H,5-6,8-10H2,1-4H3/t15-,16-/m1/s1. The average molecular weight is 350 g/mol. The summed E-state index contributed by atoms with van der Waals surface area (Å²) in [7, 11) is 0. The summed E-state index contributed by atoms with van der Waals surface area (Å²) in [5.74, 6) is -2.23. The fraction of sp³-hybridized carbons (Fsp3) is 0.619. The first-order chi connectivity index (χ1) is 11.7. The molecule has 1 heterocycles. The molecule has 2 nitrogen and oxygen atoms in total. The zero-order valence-corrected chi connectivity index (χ0v) is 15.5. The lowest BCUT2D eigenvalue weighted by atomic mass is 9.67. The minimum absolute atomic E-state index is 0.0520. The Hall–Kier alpha value is -1.58. The molecule has 1 N–H and O–H groups in total. The van der Waals surface area contributed by atoms with E-state index < -0.39 is 11.5 Å². The Morgan fingerprint density at radius 2 is 2.04 bits per heavy atom. The summed E-state index contributed by atoms with van der Waals surface area (Å²) in [5, 5.41) is 10.6. The third kappa shape index (κ3) is 3.28. The smallest absolute Gasteiger partial charge is 0.273 e. The van der Waals surface area contributed by atoms with Gasteiger partial charge in [0.2, 0.25) is 0 Å². The number of ether oxygens (including phenoxy) is 1. The molecule has 0 spiro atoms. The van der Waals surface area contributed by atoms with E-state index in [-0.39, 0.29) is 29.6 Å². The number of hydrogen-bond donors (Lipinski definition) is 1. The Labute approximate surface area is 148 Å². The first-order valence-corrected chi connectivity index (χ1v) is 9.25. The van der Waals surface area contributed by atoms with Gasteiger partial charge in [-0.05, 0) is 52.2 Å². The number of allylic oxidation sites excluding steroid dienone is 2. The number of alkyl halides is 2. The molecule has 3 rings (SSSR count). The molecule has 0 bridgehead atoms. The molecule has 2 aliphatic rings. The second-order valence-electron chi connectivity index (χ2n) is 8.12. The molecule has 4 heteroatoms. The van der Waals surface area contributed by atoms with Gasteiger partial charge in [0, 0.05) is 29.4 Å². The van der Waals surface area contributed by atoms with E-state index >= 15 is 0 Å². The van der Waals surface area contributed by atoms with Crippen LogP contribution in [0.1, 0.15) is 76.8 Å². The lowest BCUT2D eigenvalue weighted by Gasteiger charge is -2.47. The van der Waals surface area contributed by atoms with Crippen molar-refractivity contribution in [3.8, 4) is 11.5 Å². The summed E-state index contributed by atoms with van der Waals surface area (Å²) < 4.78 is 35.1. The van der Waals surface area contributed by atoms with Gasteiger partial charge in [-0.3, -0.25) is 0 Å². The third-order valence-electron chi connectivity index (χ3n) is 5.77. The van der Waals surface area contributed by atoms with Crippen molar-refractivity contribution in [3.63, 3.8) is 0 Å². The van der Waals surface area contributed by atoms with E-state index in [2.05, 4.69) is 13.0 Å². The van der Waals surface area contributed by atoms with Crippen LogP contribution in [0.2, 0.25) is 0 Å². The first-order valence-electron chi connectivity index (χ1n) is 9.25. The van der Waals surface area contributed by atoms with Gasteiger partial charge in [-0.1, -0.05) is 25.0 Å². The van der Waals surface area contributed by atoms with E-state index in [1.54, 1.807) is 0 Å². The number of benzene rings is 1. The van der Waals surface area contributed by atoms with Gasteiger partial charge in [0.25, 0.3) is 5.92 Å². The average Bonchev–Trinajstić information content (AvgIpc) is 2.51. The van der Waals surface area contributed by atoms with Gasteiger partial charge < -0.3 is 9.84 Å². The van der Waals surface area contributed by atoms with Crippen LogP contribution < -0.4 is 4.74 Å². The van der Waals surface area contributed by atoms with E-state index in [0.29, 0.717) is 24.2 Å². The van der Waals surface area contributed by atoms with E-state index in [1.165, 1.54) is 17.7 Å². The third-order valence-corrected chi connectivity index (χ3v) is 5.77. The molecule has 0 amide bonds. The molecule has 0 aromatic heterocycles. The number of fused-ring (bicyclic) bond motifs is 3. The highest BCUT2D eigenvalue weighted by molar-refractivity contribution is 5.53. The summed E-state index contributed by atoms with van der Waals surface area (Å²) >= 11 is 0. The fourth-order valence-electron chi connectivity index (χ4n) is 4.32. The number of rotatable bonds is 4. The summed E-state index contributed by atoms with van der Waals surface area (Å²) in [4.78, 5) is 0. The molecule has 1 aromatic carbocycles. The van der Waals surface area contributed by atoms with Gasteiger partial charge in [0.15, 0.2) is 0 Å². The molecule has 25 heavy (non-hydrogen) atoms. The molecule has 0 unspecified atom stereocenters. The molecule has 1 aliphatic carbocycles. The Bertz CT molecular complexity index is 691. The van der Waals surface area contributed by atoms with Crippen LogP contribution in [0.3, 0.4) is 0 Å².